The number of hydrogen-bond acceptors (Lipinski definition) is 4. The van der Waals surface area contributed by atoms with Crippen molar-refractivity contribution in [2.45, 2.75) is 63.5 Å². The minimum atomic E-state index is -0.270. The predicted octanol–water partition coefficient (Wildman–Crippen LogP) is 5.35. The molecule has 4 rings (SSSR count). The molecule has 2 aliphatic rings. The third-order valence-electron chi connectivity index (χ3n) is 7.87. The molecule has 2 aromatic rings. The van der Waals surface area contributed by atoms with Gasteiger partial charge in [0.25, 0.3) is 5.91 Å². The van der Waals surface area contributed by atoms with Crippen molar-refractivity contribution >= 4 is 35.0 Å². The molecule has 8 heteroatoms. The summed E-state index contributed by atoms with van der Waals surface area (Å²) in [5, 5.41) is 7.45. The maximum atomic E-state index is 13.8. The van der Waals surface area contributed by atoms with Crippen LogP contribution < -0.4 is 10.6 Å². The third-order valence-corrected chi connectivity index (χ3v) is 8.41. The Balaban J connectivity index is 1.43. The van der Waals surface area contributed by atoms with Gasteiger partial charge in [0.15, 0.2) is 0 Å². The highest BCUT2D eigenvalue weighted by Crippen LogP contribution is 2.24. The molecule has 0 aromatic heterocycles. The Morgan fingerprint density at radius 2 is 1.84 bits per heavy atom. The first-order valence-corrected chi connectivity index (χ1v) is 14.8. The standard InChI is InChI=1S/C30H40Cl2N4O2/c1-2-22(23-9-5-3-6-10-23)21-36-18-13-25(20-33-29(37)26-12-11-24(31)19-27(26)32)34-28(30(36)38)14-17-35-15-7-4-8-16-35/h3,5-6,9-12,19,22,25,28,34H,2,4,7-8,13-18,20-21H2,1H3,(H,33,37)/t22-,25+,28+/m1/s1. The number of amides is 2. The van der Waals surface area contributed by atoms with Crippen LogP contribution in [0.4, 0.5) is 0 Å². The van der Waals surface area contributed by atoms with Crippen LogP contribution in [0, 0.1) is 0 Å². The summed E-state index contributed by atoms with van der Waals surface area (Å²) in [5.74, 6) is 0.234. The first-order valence-electron chi connectivity index (χ1n) is 14.0. The molecule has 2 heterocycles. The largest absolute Gasteiger partial charge is 0.350 e. The van der Waals surface area contributed by atoms with Gasteiger partial charge in [-0.25, -0.2) is 0 Å². The van der Waals surface area contributed by atoms with E-state index in [9.17, 15) is 9.59 Å². The average molecular weight is 560 g/mol. The van der Waals surface area contributed by atoms with Gasteiger partial charge in [0.05, 0.1) is 16.6 Å². The smallest absolute Gasteiger partial charge is 0.252 e. The van der Waals surface area contributed by atoms with Crippen LogP contribution in [0.15, 0.2) is 48.5 Å². The summed E-state index contributed by atoms with van der Waals surface area (Å²) in [6, 6.07) is 15.1. The van der Waals surface area contributed by atoms with E-state index in [1.165, 1.54) is 24.8 Å². The Kier molecular flexibility index (Phi) is 10.9. The highest BCUT2D eigenvalue weighted by atomic mass is 35.5. The third kappa shape index (κ3) is 7.95. The summed E-state index contributed by atoms with van der Waals surface area (Å²) in [6.45, 7) is 7.11. The number of piperidine rings is 1. The zero-order valence-corrected chi connectivity index (χ0v) is 23.8. The van der Waals surface area contributed by atoms with Crippen LogP contribution >= 0.6 is 23.2 Å². The molecule has 6 nitrogen and oxygen atoms in total. The number of halogens is 2. The van der Waals surface area contributed by atoms with Gasteiger partial charge in [0.2, 0.25) is 5.91 Å². The second-order valence-corrected chi connectivity index (χ2v) is 11.4. The van der Waals surface area contributed by atoms with Crippen LogP contribution in [-0.2, 0) is 4.79 Å². The second-order valence-electron chi connectivity index (χ2n) is 10.5. The molecule has 2 saturated heterocycles. The number of benzene rings is 2. The Morgan fingerprint density at radius 3 is 2.55 bits per heavy atom. The summed E-state index contributed by atoms with van der Waals surface area (Å²) in [6.07, 6.45) is 6.27. The van der Waals surface area contributed by atoms with Crippen LogP contribution in [0.1, 0.15) is 67.3 Å². The van der Waals surface area contributed by atoms with Crippen LogP contribution in [0.2, 0.25) is 10.0 Å². The van der Waals surface area contributed by atoms with Gasteiger partial charge >= 0.3 is 0 Å². The number of nitrogens with one attached hydrogen (secondary N) is 2. The molecule has 0 unspecified atom stereocenters. The van der Waals surface area contributed by atoms with E-state index in [1.54, 1.807) is 18.2 Å². The van der Waals surface area contributed by atoms with Crippen LogP contribution in [0.25, 0.3) is 0 Å². The first kappa shape index (κ1) is 28.9. The van der Waals surface area contributed by atoms with Crippen molar-refractivity contribution in [1.29, 1.82) is 0 Å². The fourth-order valence-electron chi connectivity index (χ4n) is 5.57. The Labute approximate surface area is 237 Å². The van der Waals surface area contributed by atoms with Crippen molar-refractivity contribution in [1.82, 2.24) is 20.4 Å². The fraction of sp³-hybridized carbons (Fsp3) is 0.533. The summed E-state index contributed by atoms with van der Waals surface area (Å²) in [4.78, 5) is 31.2. The second kappa shape index (κ2) is 14.3. The molecule has 2 aromatic carbocycles. The summed E-state index contributed by atoms with van der Waals surface area (Å²) in [5.41, 5.74) is 1.67. The monoisotopic (exact) mass is 558 g/mol. The molecule has 0 radical (unpaired) electrons. The lowest BCUT2D eigenvalue weighted by molar-refractivity contribution is -0.133. The highest BCUT2D eigenvalue weighted by molar-refractivity contribution is 6.36. The minimum Gasteiger partial charge on any atom is -0.350 e. The van der Waals surface area contributed by atoms with Gasteiger partial charge in [-0.2, -0.15) is 0 Å². The van der Waals surface area contributed by atoms with Crippen molar-refractivity contribution in [3.8, 4) is 0 Å². The molecule has 2 aliphatic heterocycles. The summed E-state index contributed by atoms with van der Waals surface area (Å²) in [7, 11) is 0. The minimum absolute atomic E-state index is 0.0119. The van der Waals surface area contributed by atoms with Gasteiger partial charge in [-0.3, -0.25) is 9.59 Å². The molecule has 0 aliphatic carbocycles. The Morgan fingerprint density at radius 1 is 1.08 bits per heavy atom. The van der Waals surface area contributed by atoms with Crippen molar-refractivity contribution in [3.63, 3.8) is 0 Å². The number of nitrogens with zero attached hydrogens (tertiary/aromatic N) is 2. The van der Waals surface area contributed by atoms with E-state index >= 15 is 0 Å². The SMILES string of the molecule is CC[C@H](CN1CC[C@@H](CNC(=O)c2ccc(Cl)cc2Cl)N[C@@H](CCN2CCCCC2)C1=O)c1ccccc1. The van der Waals surface area contributed by atoms with Crippen molar-refractivity contribution in [2.24, 2.45) is 0 Å². The lowest BCUT2D eigenvalue weighted by atomic mass is 9.95. The normalized spacial score (nSPS) is 21.7. The van der Waals surface area contributed by atoms with E-state index in [2.05, 4.69) is 46.7 Å². The maximum absolute atomic E-state index is 13.8. The number of hydrogen-bond donors (Lipinski definition) is 2. The number of carbonyl (C=O) groups is 2. The lowest BCUT2D eigenvalue weighted by Crippen LogP contribution is -2.50. The van der Waals surface area contributed by atoms with Gasteiger partial charge in [-0.15, -0.1) is 0 Å². The molecule has 38 heavy (non-hydrogen) atoms. The Bertz CT molecular complexity index is 1060. The zero-order valence-electron chi connectivity index (χ0n) is 22.3. The maximum Gasteiger partial charge on any atom is 0.252 e. The topological polar surface area (TPSA) is 64.7 Å². The van der Waals surface area contributed by atoms with E-state index in [0.717, 1.165) is 38.9 Å². The van der Waals surface area contributed by atoms with Crippen LogP contribution in [-0.4, -0.2) is 73.0 Å². The highest BCUT2D eigenvalue weighted by Gasteiger charge is 2.32. The van der Waals surface area contributed by atoms with E-state index in [1.807, 2.05) is 11.0 Å². The van der Waals surface area contributed by atoms with Crippen LogP contribution in [0.3, 0.4) is 0 Å². The number of rotatable bonds is 10. The molecular weight excluding hydrogens is 519 g/mol. The van der Waals surface area contributed by atoms with Crippen molar-refractivity contribution in [3.05, 3.63) is 69.7 Å². The predicted molar refractivity (Wildman–Crippen MR) is 155 cm³/mol. The molecular formula is C30H40Cl2N4O2. The van der Waals surface area contributed by atoms with Gasteiger partial charge in [-0.05, 0) is 69.0 Å². The lowest BCUT2D eigenvalue weighted by Gasteiger charge is -2.31. The van der Waals surface area contributed by atoms with E-state index in [4.69, 9.17) is 23.2 Å². The number of carbonyl (C=O) groups excluding carboxylic acids is 2. The zero-order chi connectivity index (χ0) is 26.9. The molecule has 0 spiro atoms. The van der Waals surface area contributed by atoms with E-state index < -0.39 is 0 Å². The average Bonchev–Trinajstić information content (AvgIpc) is 3.08. The van der Waals surface area contributed by atoms with Crippen molar-refractivity contribution < 1.29 is 9.59 Å². The van der Waals surface area contributed by atoms with Gasteiger partial charge < -0.3 is 20.4 Å². The molecule has 0 saturated carbocycles. The molecule has 2 fully saturated rings. The molecule has 206 valence electrons. The van der Waals surface area contributed by atoms with E-state index in [0.29, 0.717) is 41.2 Å². The van der Waals surface area contributed by atoms with Gasteiger partial charge in [0.1, 0.15) is 0 Å². The summed E-state index contributed by atoms with van der Waals surface area (Å²) >= 11 is 12.2. The first-order chi connectivity index (χ1) is 18.4. The quantitative estimate of drug-likeness (QED) is 0.412. The molecule has 3 atom stereocenters. The van der Waals surface area contributed by atoms with E-state index in [-0.39, 0.29) is 23.9 Å². The Hall–Kier alpha value is -2.12. The molecule has 0 bridgehead atoms. The molecule has 2 N–H and O–H groups in total. The van der Waals surface area contributed by atoms with Crippen LogP contribution in [0.5, 0.6) is 0 Å². The van der Waals surface area contributed by atoms with Crippen molar-refractivity contribution in [2.75, 3.05) is 39.3 Å². The fourth-order valence-corrected chi connectivity index (χ4v) is 6.07. The summed E-state index contributed by atoms with van der Waals surface area (Å²) < 4.78 is 0. The van der Waals surface area contributed by atoms with Gasteiger partial charge in [-0.1, -0.05) is 66.9 Å². The van der Waals surface area contributed by atoms with Gasteiger partial charge in [0, 0.05) is 43.2 Å². The molecule has 2 amide bonds. The number of likely N-dealkylation sites (tertiary alicyclic amines) is 1.